The van der Waals surface area contributed by atoms with E-state index in [4.69, 9.17) is 0 Å². The molecule has 0 unspecified atom stereocenters. The van der Waals surface area contributed by atoms with E-state index in [0.717, 1.165) is 49.2 Å². The molecule has 1 aliphatic carbocycles. The van der Waals surface area contributed by atoms with Crippen molar-refractivity contribution in [3.8, 4) is 0 Å². The third kappa shape index (κ3) is 5.52. The Hall–Kier alpha value is -1.44. The van der Waals surface area contributed by atoms with Crippen LogP contribution in [0.5, 0.6) is 0 Å². The number of anilines is 1. The third-order valence-corrected chi connectivity index (χ3v) is 5.23. The Kier molecular flexibility index (Phi) is 6.09. The lowest BCUT2D eigenvalue weighted by Crippen LogP contribution is -2.54. The maximum absolute atomic E-state index is 12.5. The Balaban J connectivity index is 1.43. The van der Waals surface area contributed by atoms with Crippen LogP contribution < -0.4 is 10.6 Å². The van der Waals surface area contributed by atoms with Gasteiger partial charge in [-0.25, -0.2) is 0 Å². The van der Waals surface area contributed by atoms with Gasteiger partial charge in [0.05, 0.1) is 12.6 Å². The molecule has 0 radical (unpaired) electrons. The van der Waals surface area contributed by atoms with Crippen molar-refractivity contribution in [3.63, 3.8) is 0 Å². The van der Waals surface area contributed by atoms with Crippen LogP contribution in [0.15, 0.2) is 28.7 Å². The summed E-state index contributed by atoms with van der Waals surface area (Å²) < 4.78 is 0.941. The van der Waals surface area contributed by atoms with Crippen molar-refractivity contribution in [2.45, 2.75) is 31.8 Å². The van der Waals surface area contributed by atoms with Crippen LogP contribution >= 0.6 is 15.9 Å². The first kappa shape index (κ1) is 18.4. The summed E-state index contributed by atoms with van der Waals surface area (Å²) in [5.74, 6) is 0.120. The summed E-state index contributed by atoms with van der Waals surface area (Å²) in [5.41, 5.74) is 0.793. The summed E-state index contributed by atoms with van der Waals surface area (Å²) >= 11 is 3.41. The van der Waals surface area contributed by atoms with Gasteiger partial charge in [-0.15, -0.1) is 0 Å². The van der Waals surface area contributed by atoms with Crippen LogP contribution in [0.1, 0.15) is 19.8 Å². The highest BCUT2D eigenvalue weighted by Gasteiger charge is 2.28. The number of piperazine rings is 1. The number of amides is 2. The van der Waals surface area contributed by atoms with Crippen molar-refractivity contribution >= 4 is 33.4 Å². The van der Waals surface area contributed by atoms with Gasteiger partial charge in [0.2, 0.25) is 11.8 Å². The van der Waals surface area contributed by atoms with Crippen LogP contribution in [-0.2, 0) is 9.59 Å². The summed E-state index contributed by atoms with van der Waals surface area (Å²) in [4.78, 5) is 28.7. The van der Waals surface area contributed by atoms with Gasteiger partial charge < -0.3 is 10.6 Å². The molecule has 0 bridgehead atoms. The Morgan fingerprint density at radius 2 is 1.96 bits per heavy atom. The first-order chi connectivity index (χ1) is 12.0. The number of nitrogens with zero attached hydrogens (tertiary/aromatic N) is 2. The molecule has 136 valence electrons. The number of carbonyl (C=O) groups excluding carboxylic acids is 2. The number of nitrogens with one attached hydrogen (secondary N) is 2. The van der Waals surface area contributed by atoms with E-state index in [1.54, 1.807) is 0 Å². The summed E-state index contributed by atoms with van der Waals surface area (Å²) in [5, 5.41) is 5.99. The molecule has 1 heterocycles. The first-order valence-corrected chi connectivity index (χ1v) is 9.63. The van der Waals surface area contributed by atoms with E-state index in [9.17, 15) is 9.59 Å². The smallest absolute Gasteiger partial charge is 0.241 e. The molecule has 2 amide bonds. The summed E-state index contributed by atoms with van der Waals surface area (Å²) in [6.45, 7) is 5.61. The van der Waals surface area contributed by atoms with Crippen molar-refractivity contribution in [2.24, 2.45) is 0 Å². The zero-order valence-corrected chi connectivity index (χ0v) is 16.1. The van der Waals surface area contributed by atoms with Crippen LogP contribution in [0.25, 0.3) is 0 Å². The minimum atomic E-state index is -0.193. The van der Waals surface area contributed by atoms with Gasteiger partial charge in [0.25, 0.3) is 0 Å². The lowest BCUT2D eigenvalue weighted by molar-refractivity contribution is -0.124. The highest BCUT2D eigenvalue weighted by molar-refractivity contribution is 9.10. The molecule has 2 N–H and O–H groups in total. The summed E-state index contributed by atoms with van der Waals surface area (Å²) in [6.07, 6.45) is 2.23. The molecule has 1 atom stereocenters. The second-order valence-corrected chi connectivity index (χ2v) is 7.75. The Labute approximate surface area is 157 Å². The van der Waals surface area contributed by atoms with Crippen LogP contribution in [-0.4, -0.2) is 66.4 Å². The van der Waals surface area contributed by atoms with E-state index in [0.29, 0.717) is 12.6 Å². The van der Waals surface area contributed by atoms with Gasteiger partial charge >= 0.3 is 0 Å². The molecule has 1 saturated carbocycles. The second kappa shape index (κ2) is 8.29. The molecule has 1 saturated heterocycles. The number of carbonyl (C=O) groups is 2. The van der Waals surface area contributed by atoms with Gasteiger partial charge in [-0.3, -0.25) is 19.4 Å². The molecular formula is C18H25BrN4O2. The largest absolute Gasteiger partial charge is 0.352 e. The molecule has 1 aliphatic heterocycles. The van der Waals surface area contributed by atoms with Crippen molar-refractivity contribution < 1.29 is 9.59 Å². The topological polar surface area (TPSA) is 64.7 Å². The van der Waals surface area contributed by atoms with Crippen LogP contribution in [0, 0.1) is 0 Å². The average Bonchev–Trinajstić information content (AvgIpc) is 3.38. The van der Waals surface area contributed by atoms with E-state index in [1.165, 1.54) is 0 Å². The predicted octanol–water partition coefficient (Wildman–Crippen LogP) is 1.67. The van der Waals surface area contributed by atoms with Crippen LogP contribution in [0.3, 0.4) is 0 Å². The van der Waals surface area contributed by atoms with Gasteiger partial charge in [-0.2, -0.15) is 0 Å². The second-order valence-electron chi connectivity index (χ2n) is 6.83. The highest BCUT2D eigenvalue weighted by atomic mass is 79.9. The van der Waals surface area contributed by atoms with Crippen molar-refractivity contribution in [3.05, 3.63) is 28.7 Å². The van der Waals surface area contributed by atoms with Crippen molar-refractivity contribution in [2.75, 3.05) is 38.0 Å². The molecule has 25 heavy (non-hydrogen) atoms. The fourth-order valence-corrected chi connectivity index (χ4v) is 3.39. The van der Waals surface area contributed by atoms with Gasteiger partial charge in [0.1, 0.15) is 0 Å². The molecule has 3 rings (SSSR count). The molecule has 2 fully saturated rings. The maximum Gasteiger partial charge on any atom is 0.241 e. The molecule has 1 aromatic rings. The minimum Gasteiger partial charge on any atom is -0.352 e. The molecular weight excluding hydrogens is 384 g/mol. The van der Waals surface area contributed by atoms with E-state index in [2.05, 4.69) is 36.4 Å². The predicted molar refractivity (Wildman–Crippen MR) is 101 cm³/mol. The number of halogens is 1. The third-order valence-electron chi connectivity index (χ3n) is 4.74. The minimum absolute atomic E-state index is 0.00183. The van der Waals surface area contributed by atoms with Crippen LogP contribution in [0.2, 0.25) is 0 Å². The van der Waals surface area contributed by atoms with E-state index >= 15 is 0 Å². The first-order valence-electron chi connectivity index (χ1n) is 8.83. The number of benzene rings is 1. The quantitative estimate of drug-likeness (QED) is 0.751. The van der Waals surface area contributed by atoms with Gasteiger partial charge in [0, 0.05) is 42.4 Å². The fourth-order valence-electron chi connectivity index (χ4n) is 2.99. The Bertz CT molecular complexity index is 627. The molecule has 0 aromatic heterocycles. The zero-order chi connectivity index (χ0) is 17.8. The van der Waals surface area contributed by atoms with Crippen molar-refractivity contribution in [1.82, 2.24) is 15.1 Å². The van der Waals surface area contributed by atoms with Crippen molar-refractivity contribution in [1.29, 1.82) is 0 Å². The van der Waals surface area contributed by atoms with E-state index < -0.39 is 0 Å². The molecule has 1 aromatic carbocycles. The molecule has 0 spiro atoms. The van der Waals surface area contributed by atoms with Crippen LogP contribution in [0.4, 0.5) is 5.69 Å². The number of hydrogen-bond acceptors (Lipinski definition) is 4. The number of hydrogen-bond donors (Lipinski definition) is 2. The summed E-state index contributed by atoms with van der Waals surface area (Å²) in [6, 6.07) is 7.82. The van der Waals surface area contributed by atoms with Gasteiger partial charge in [-0.05, 0) is 38.0 Å². The maximum atomic E-state index is 12.5. The molecule has 6 nitrogen and oxygen atoms in total. The number of rotatable bonds is 6. The summed E-state index contributed by atoms with van der Waals surface area (Å²) in [7, 11) is 0. The average molecular weight is 409 g/mol. The molecule has 2 aliphatic rings. The SMILES string of the molecule is C[C@@H](C(=O)Nc1cccc(Br)c1)N1CCN(CC(=O)NC2CC2)CC1. The normalized spacial score (nSPS) is 20.1. The highest BCUT2D eigenvalue weighted by Crippen LogP contribution is 2.19. The zero-order valence-electron chi connectivity index (χ0n) is 14.5. The fraction of sp³-hybridized carbons (Fsp3) is 0.556. The lowest BCUT2D eigenvalue weighted by Gasteiger charge is -2.37. The van der Waals surface area contributed by atoms with Gasteiger partial charge in [0.15, 0.2) is 0 Å². The van der Waals surface area contributed by atoms with E-state index in [-0.39, 0.29) is 17.9 Å². The van der Waals surface area contributed by atoms with Gasteiger partial charge in [-0.1, -0.05) is 22.0 Å². The monoisotopic (exact) mass is 408 g/mol. The lowest BCUT2D eigenvalue weighted by atomic mass is 10.2. The van der Waals surface area contributed by atoms with E-state index in [1.807, 2.05) is 31.2 Å². The Morgan fingerprint density at radius 3 is 2.60 bits per heavy atom. The standard InChI is InChI=1S/C18H25BrN4O2/c1-13(18(25)21-16-4-2-3-14(19)11-16)23-9-7-22(8-10-23)12-17(24)20-15-5-6-15/h2-4,11,13,15H,5-10,12H2,1H3,(H,20,24)(H,21,25)/t13-/m0/s1. The Morgan fingerprint density at radius 1 is 1.24 bits per heavy atom. The molecule has 7 heteroatoms.